The monoisotopic (exact) mass is 464 g/mol. The summed E-state index contributed by atoms with van der Waals surface area (Å²) in [4.78, 5) is 25.2. The van der Waals surface area contributed by atoms with Gasteiger partial charge in [0.2, 0.25) is 0 Å². The van der Waals surface area contributed by atoms with Gasteiger partial charge in [0.05, 0.1) is 25.1 Å². The Morgan fingerprint density at radius 2 is 2.00 bits per heavy atom. The van der Waals surface area contributed by atoms with Crippen molar-refractivity contribution in [3.63, 3.8) is 0 Å². The van der Waals surface area contributed by atoms with Crippen LogP contribution in [0.2, 0.25) is 0 Å². The molecule has 0 bridgehead atoms. The van der Waals surface area contributed by atoms with Crippen LogP contribution >= 0.6 is 0 Å². The van der Waals surface area contributed by atoms with E-state index in [1.165, 1.54) is 6.07 Å². The fourth-order valence-electron chi connectivity index (χ4n) is 3.69. The van der Waals surface area contributed by atoms with E-state index >= 15 is 0 Å². The molecule has 0 unspecified atom stereocenters. The van der Waals surface area contributed by atoms with E-state index in [2.05, 4.69) is 25.4 Å². The zero-order chi connectivity index (χ0) is 23.7. The van der Waals surface area contributed by atoms with Gasteiger partial charge in [0.25, 0.3) is 0 Å². The van der Waals surface area contributed by atoms with Gasteiger partial charge in [0.15, 0.2) is 23.1 Å². The first kappa shape index (κ1) is 21.5. The highest BCUT2D eigenvalue weighted by molar-refractivity contribution is 5.94. The van der Waals surface area contributed by atoms with E-state index in [0.29, 0.717) is 41.9 Å². The van der Waals surface area contributed by atoms with Crippen molar-refractivity contribution in [2.45, 2.75) is 19.1 Å². The fourth-order valence-corrected chi connectivity index (χ4v) is 3.69. The summed E-state index contributed by atoms with van der Waals surface area (Å²) >= 11 is 0. The van der Waals surface area contributed by atoms with E-state index in [1.54, 1.807) is 41.2 Å². The maximum absolute atomic E-state index is 14.2. The second-order valence-electron chi connectivity index (χ2n) is 7.68. The number of halogens is 1. The molecule has 12 heteroatoms. The van der Waals surface area contributed by atoms with Crippen LogP contribution in [-0.2, 0) is 16.0 Å². The van der Waals surface area contributed by atoms with E-state index in [0.717, 1.165) is 0 Å². The Balaban J connectivity index is 1.46. The van der Waals surface area contributed by atoms with Gasteiger partial charge in [0.1, 0.15) is 23.3 Å². The quantitative estimate of drug-likeness (QED) is 0.404. The summed E-state index contributed by atoms with van der Waals surface area (Å²) < 4.78 is 26.2. The number of anilines is 3. The van der Waals surface area contributed by atoms with Crippen molar-refractivity contribution in [2.75, 3.05) is 30.0 Å². The molecular formula is C22H21FN8O3. The number of ether oxygens (including phenoxy) is 2. The molecule has 0 saturated carbocycles. The molecule has 5 rings (SSSR count). The number of nitrogens with one attached hydrogen (secondary N) is 1. The highest BCUT2D eigenvalue weighted by Gasteiger charge is 2.23. The van der Waals surface area contributed by atoms with Crippen molar-refractivity contribution in [3.05, 3.63) is 54.0 Å². The van der Waals surface area contributed by atoms with E-state index in [9.17, 15) is 9.18 Å². The van der Waals surface area contributed by atoms with Gasteiger partial charge in [-0.25, -0.2) is 28.8 Å². The molecular weight excluding hydrogens is 443 g/mol. The number of hydrogen-bond acceptors (Lipinski definition) is 9. The molecule has 0 spiro atoms. The zero-order valence-corrected chi connectivity index (χ0v) is 17.9. The van der Waals surface area contributed by atoms with Gasteiger partial charge in [-0.3, -0.25) is 5.32 Å². The van der Waals surface area contributed by atoms with Gasteiger partial charge in [-0.15, -0.1) is 0 Å². The minimum absolute atomic E-state index is 0.0425. The highest BCUT2D eigenvalue weighted by Crippen LogP contribution is 2.30. The van der Waals surface area contributed by atoms with Crippen LogP contribution in [0.4, 0.5) is 26.5 Å². The van der Waals surface area contributed by atoms with Gasteiger partial charge < -0.3 is 20.9 Å². The Hall–Kier alpha value is -4.32. The average Bonchev–Trinajstić information content (AvgIpc) is 3.46. The number of carbonyl (C=O) groups excluding carboxylic acids is 1. The van der Waals surface area contributed by atoms with Gasteiger partial charge in [-0.05, 0) is 18.2 Å². The van der Waals surface area contributed by atoms with E-state index in [4.69, 9.17) is 20.9 Å². The number of fused-ring (bicyclic) bond motifs is 1. The third-order valence-corrected chi connectivity index (χ3v) is 5.35. The first-order chi connectivity index (χ1) is 16.5. The molecule has 1 aliphatic heterocycles. The molecule has 1 aliphatic rings. The molecule has 5 N–H and O–H groups in total. The summed E-state index contributed by atoms with van der Waals surface area (Å²) in [6.07, 6.45) is 1.17. The summed E-state index contributed by atoms with van der Waals surface area (Å²) in [5.41, 5.74) is 13.6. The molecule has 1 aromatic carbocycles. The summed E-state index contributed by atoms with van der Waals surface area (Å²) in [6.45, 7) is 1.03. The maximum Gasteiger partial charge on any atom is 0.412 e. The number of nitrogens with two attached hydrogens (primary N) is 2. The first-order valence-corrected chi connectivity index (χ1v) is 10.5. The normalized spacial score (nSPS) is 15.5. The number of pyridine rings is 1. The van der Waals surface area contributed by atoms with Gasteiger partial charge in [-0.1, -0.05) is 18.2 Å². The molecule has 4 heterocycles. The summed E-state index contributed by atoms with van der Waals surface area (Å²) in [5, 5.41) is 7.69. The minimum Gasteiger partial charge on any atom is -0.443 e. The van der Waals surface area contributed by atoms with E-state index < -0.39 is 6.09 Å². The lowest BCUT2D eigenvalue weighted by molar-refractivity contribution is 0.0932. The number of nitrogen functional groups attached to an aromatic ring is 2. The Kier molecular flexibility index (Phi) is 5.64. The molecule has 1 saturated heterocycles. The molecule has 1 atom stereocenters. The third-order valence-electron chi connectivity index (χ3n) is 5.35. The average molecular weight is 464 g/mol. The van der Waals surface area contributed by atoms with Crippen LogP contribution < -0.4 is 16.8 Å². The first-order valence-electron chi connectivity index (χ1n) is 10.5. The van der Waals surface area contributed by atoms with Gasteiger partial charge >= 0.3 is 6.09 Å². The summed E-state index contributed by atoms with van der Waals surface area (Å²) in [6, 6.07) is 9.97. The van der Waals surface area contributed by atoms with E-state index in [-0.39, 0.29) is 41.6 Å². The summed E-state index contributed by atoms with van der Waals surface area (Å²) in [5.74, 6) is -0.311. The van der Waals surface area contributed by atoms with Gasteiger partial charge in [0, 0.05) is 18.2 Å². The zero-order valence-electron chi connectivity index (χ0n) is 17.9. The van der Waals surface area contributed by atoms with Crippen molar-refractivity contribution < 1.29 is 18.7 Å². The second-order valence-corrected chi connectivity index (χ2v) is 7.68. The fraction of sp³-hybridized carbons (Fsp3) is 0.227. The standard InChI is InChI=1S/C22H21FN8O3/c23-15-6-2-1-4-12(15)10-31-21-14(5-3-8-26-21)16(30-31)20-28-18(24)17(19(25)29-20)27-22(32)34-13-7-9-33-11-13/h1-6,8,13H,7,9-11H2,(H,27,32)(H4,24,25,28,29)/t13-/m0/s1. The van der Waals surface area contributed by atoms with Crippen molar-refractivity contribution in [1.82, 2.24) is 24.7 Å². The van der Waals surface area contributed by atoms with Crippen LogP contribution in [0.5, 0.6) is 0 Å². The van der Waals surface area contributed by atoms with Crippen LogP contribution in [-0.4, -0.2) is 50.1 Å². The Bertz CT molecular complexity index is 1350. The Morgan fingerprint density at radius 1 is 1.21 bits per heavy atom. The molecule has 0 radical (unpaired) electrons. The number of aromatic nitrogens is 5. The smallest absolute Gasteiger partial charge is 0.412 e. The number of benzene rings is 1. The van der Waals surface area contributed by atoms with Crippen LogP contribution in [0.3, 0.4) is 0 Å². The van der Waals surface area contributed by atoms with Crippen LogP contribution in [0.25, 0.3) is 22.6 Å². The van der Waals surface area contributed by atoms with Crippen LogP contribution in [0.15, 0.2) is 42.6 Å². The predicted octanol–water partition coefficient (Wildman–Crippen LogP) is 2.58. The molecule has 1 amide bonds. The number of carbonyl (C=O) groups is 1. The second kappa shape index (κ2) is 8.90. The number of rotatable bonds is 5. The topological polar surface area (TPSA) is 156 Å². The molecule has 3 aromatic heterocycles. The molecule has 1 fully saturated rings. The van der Waals surface area contributed by atoms with Crippen LogP contribution in [0, 0.1) is 5.82 Å². The van der Waals surface area contributed by atoms with E-state index in [1.807, 2.05) is 0 Å². The third kappa shape index (κ3) is 4.18. The molecule has 11 nitrogen and oxygen atoms in total. The van der Waals surface area contributed by atoms with Crippen molar-refractivity contribution >= 4 is 34.4 Å². The lowest BCUT2D eigenvalue weighted by Gasteiger charge is -2.13. The lowest BCUT2D eigenvalue weighted by atomic mass is 10.2. The highest BCUT2D eigenvalue weighted by atomic mass is 19.1. The largest absolute Gasteiger partial charge is 0.443 e. The van der Waals surface area contributed by atoms with Crippen molar-refractivity contribution in [3.8, 4) is 11.5 Å². The lowest BCUT2D eigenvalue weighted by Crippen LogP contribution is -2.24. The SMILES string of the molecule is Nc1nc(-c2nn(Cc3ccccc3F)c3ncccc23)nc(N)c1NC(=O)O[C@H]1CCOC1. The Morgan fingerprint density at radius 3 is 2.74 bits per heavy atom. The number of amides is 1. The minimum atomic E-state index is -0.728. The summed E-state index contributed by atoms with van der Waals surface area (Å²) in [7, 11) is 0. The molecule has 34 heavy (non-hydrogen) atoms. The van der Waals surface area contributed by atoms with Crippen molar-refractivity contribution in [2.24, 2.45) is 0 Å². The van der Waals surface area contributed by atoms with Crippen LogP contribution in [0.1, 0.15) is 12.0 Å². The predicted molar refractivity (Wildman–Crippen MR) is 122 cm³/mol. The molecule has 174 valence electrons. The molecule has 4 aromatic rings. The van der Waals surface area contributed by atoms with Crippen molar-refractivity contribution in [1.29, 1.82) is 0 Å². The van der Waals surface area contributed by atoms with Gasteiger partial charge in [-0.2, -0.15) is 5.10 Å². The molecule has 0 aliphatic carbocycles. The number of hydrogen-bond donors (Lipinski definition) is 3. The maximum atomic E-state index is 14.2. The number of nitrogens with zero attached hydrogens (tertiary/aromatic N) is 5. The Labute approximate surface area is 192 Å².